The van der Waals surface area contributed by atoms with Gasteiger partial charge in [-0.2, -0.15) is 0 Å². The molecule has 2 aliphatic rings. The fourth-order valence-corrected chi connectivity index (χ4v) is 6.00. The monoisotopic (exact) mass is 614 g/mol. The van der Waals surface area contributed by atoms with Gasteiger partial charge in [-0.1, -0.05) is 24.3 Å². The van der Waals surface area contributed by atoms with Crippen molar-refractivity contribution in [3.8, 4) is 33.8 Å². The van der Waals surface area contributed by atoms with Gasteiger partial charge in [0, 0.05) is 44.6 Å². The fraction of sp³-hybridized carbons (Fsp3) is 0.167. The van der Waals surface area contributed by atoms with Crippen molar-refractivity contribution in [2.45, 2.75) is 25.7 Å². The first-order chi connectivity index (χ1) is 22.4. The quantitative estimate of drug-likeness (QED) is 0.163. The molecular formula is C36H30N4O6. The van der Waals surface area contributed by atoms with Crippen molar-refractivity contribution in [2.75, 3.05) is 13.2 Å². The number of nitrogens with one attached hydrogen (secondary N) is 2. The molecule has 0 atom stereocenters. The SMILES string of the molecule is O=C(O)COc1cccc(-c2c3nc(cc4ccc([nH]4)c(-c4cccc(OCC(=O)O)c4)c4nc(cc5ccc2[nH]5)CC4)CC3)c1. The molecule has 0 spiro atoms. The molecule has 5 aromatic rings. The number of carboxylic acids is 2. The van der Waals surface area contributed by atoms with Gasteiger partial charge in [0.05, 0.1) is 11.4 Å². The Bertz CT molecular complexity index is 2000. The molecule has 0 fully saturated rings. The third-order valence-electron chi connectivity index (χ3n) is 7.94. The van der Waals surface area contributed by atoms with Crippen LogP contribution in [0.15, 0.2) is 84.9 Å². The second-order valence-corrected chi connectivity index (χ2v) is 11.2. The third-order valence-corrected chi connectivity index (χ3v) is 7.94. The predicted octanol–water partition coefficient (Wildman–Crippen LogP) is 6.15. The summed E-state index contributed by atoms with van der Waals surface area (Å²) >= 11 is 0. The van der Waals surface area contributed by atoms with Crippen LogP contribution >= 0.6 is 0 Å². The van der Waals surface area contributed by atoms with Crippen molar-refractivity contribution in [1.29, 1.82) is 0 Å². The Morgan fingerprint density at radius 1 is 0.609 bits per heavy atom. The van der Waals surface area contributed by atoms with Gasteiger partial charge in [0.25, 0.3) is 0 Å². The first-order valence-corrected chi connectivity index (χ1v) is 15.0. The second kappa shape index (κ2) is 12.2. The van der Waals surface area contributed by atoms with Crippen LogP contribution in [0.25, 0.3) is 44.3 Å². The van der Waals surface area contributed by atoms with Gasteiger partial charge < -0.3 is 29.7 Å². The van der Waals surface area contributed by atoms with E-state index in [2.05, 4.69) is 22.1 Å². The number of aliphatic carboxylic acids is 2. The minimum atomic E-state index is -1.03. The summed E-state index contributed by atoms with van der Waals surface area (Å²) in [5.74, 6) is -1.12. The molecule has 0 saturated carbocycles. The Balaban J connectivity index is 1.43. The van der Waals surface area contributed by atoms with E-state index in [1.54, 1.807) is 12.1 Å². The average Bonchev–Trinajstić information content (AvgIpc) is 3.87. The van der Waals surface area contributed by atoms with E-state index in [9.17, 15) is 9.59 Å². The Labute approximate surface area is 263 Å². The number of hydrogen-bond acceptors (Lipinski definition) is 6. The zero-order chi connectivity index (χ0) is 31.6. The van der Waals surface area contributed by atoms with Gasteiger partial charge in [0.1, 0.15) is 11.5 Å². The average molecular weight is 615 g/mol. The zero-order valence-corrected chi connectivity index (χ0v) is 24.7. The van der Waals surface area contributed by atoms with E-state index in [0.29, 0.717) is 11.5 Å². The summed E-state index contributed by atoms with van der Waals surface area (Å²) in [7, 11) is 0. The van der Waals surface area contributed by atoms with Gasteiger partial charge in [0.2, 0.25) is 0 Å². The lowest BCUT2D eigenvalue weighted by molar-refractivity contribution is -0.140. The molecule has 10 nitrogen and oxygen atoms in total. The topological polar surface area (TPSA) is 150 Å². The van der Waals surface area contributed by atoms with Gasteiger partial charge in [0.15, 0.2) is 13.2 Å². The molecule has 4 N–H and O–H groups in total. The Hall–Kier alpha value is -5.90. The molecule has 2 aliphatic heterocycles. The van der Waals surface area contributed by atoms with Gasteiger partial charge in [-0.05, 0) is 97.5 Å². The normalized spacial score (nSPS) is 12.5. The van der Waals surface area contributed by atoms with Crippen LogP contribution in [0, 0.1) is 0 Å². The van der Waals surface area contributed by atoms with Crippen LogP contribution in [0.5, 0.6) is 11.5 Å². The third kappa shape index (κ3) is 6.18. The molecule has 8 bridgehead atoms. The molecule has 0 radical (unpaired) electrons. The van der Waals surface area contributed by atoms with E-state index in [1.807, 2.05) is 60.7 Å². The Morgan fingerprint density at radius 3 is 1.50 bits per heavy atom. The van der Waals surface area contributed by atoms with E-state index in [0.717, 1.165) is 92.8 Å². The van der Waals surface area contributed by atoms with E-state index in [4.69, 9.17) is 29.7 Å². The highest BCUT2D eigenvalue weighted by Crippen LogP contribution is 2.34. The first-order valence-electron chi connectivity index (χ1n) is 15.0. The Kier molecular flexibility index (Phi) is 7.67. The molecular weight excluding hydrogens is 584 g/mol. The van der Waals surface area contributed by atoms with Crippen molar-refractivity contribution < 1.29 is 29.3 Å². The summed E-state index contributed by atoms with van der Waals surface area (Å²) in [6, 6.07) is 27.1. The minimum absolute atomic E-state index is 0.420. The van der Waals surface area contributed by atoms with Crippen molar-refractivity contribution in [1.82, 2.24) is 19.9 Å². The van der Waals surface area contributed by atoms with Crippen molar-refractivity contribution in [3.63, 3.8) is 0 Å². The number of fused-ring (bicyclic) bond motifs is 8. The smallest absolute Gasteiger partial charge is 0.341 e. The number of ether oxygens (including phenoxy) is 2. The molecule has 46 heavy (non-hydrogen) atoms. The largest absolute Gasteiger partial charge is 0.482 e. The van der Waals surface area contributed by atoms with Crippen LogP contribution in [-0.4, -0.2) is 55.3 Å². The minimum Gasteiger partial charge on any atom is -0.482 e. The number of rotatable bonds is 8. The van der Waals surface area contributed by atoms with E-state index in [1.165, 1.54) is 0 Å². The molecule has 3 aromatic heterocycles. The van der Waals surface area contributed by atoms with E-state index in [-0.39, 0.29) is 0 Å². The van der Waals surface area contributed by atoms with E-state index >= 15 is 0 Å². The molecule has 5 heterocycles. The van der Waals surface area contributed by atoms with Crippen LogP contribution in [0.2, 0.25) is 0 Å². The lowest BCUT2D eigenvalue weighted by atomic mass is 10.0. The summed E-state index contributed by atoms with van der Waals surface area (Å²) in [6.07, 6.45) is 2.98. The number of carbonyl (C=O) groups is 2. The maximum absolute atomic E-state index is 11.1. The molecule has 10 heteroatoms. The molecule has 0 amide bonds. The van der Waals surface area contributed by atoms with Crippen LogP contribution in [0.4, 0.5) is 0 Å². The first kappa shape index (κ1) is 28.8. The van der Waals surface area contributed by atoms with Crippen molar-refractivity contribution in [2.24, 2.45) is 0 Å². The van der Waals surface area contributed by atoms with Crippen molar-refractivity contribution in [3.05, 3.63) is 108 Å². The maximum atomic E-state index is 11.1. The van der Waals surface area contributed by atoms with Crippen molar-refractivity contribution >= 4 is 34.0 Å². The lowest BCUT2D eigenvalue weighted by Crippen LogP contribution is -2.09. The summed E-state index contributed by atoms with van der Waals surface area (Å²) in [4.78, 5) is 39.5. The highest BCUT2D eigenvalue weighted by molar-refractivity contribution is 5.86. The van der Waals surface area contributed by atoms with E-state index < -0.39 is 25.2 Å². The number of hydrogen-bond donors (Lipinski definition) is 4. The molecule has 0 saturated heterocycles. The number of nitrogens with zero attached hydrogens (tertiary/aromatic N) is 2. The number of benzene rings is 2. The molecule has 0 aliphatic carbocycles. The highest BCUT2D eigenvalue weighted by Gasteiger charge is 2.18. The Morgan fingerprint density at radius 2 is 1.07 bits per heavy atom. The number of carboxylic acid groups (broad SMARTS) is 2. The number of aryl methyl sites for hydroxylation is 4. The summed E-state index contributed by atoms with van der Waals surface area (Å²) in [5.41, 5.74) is 10.9. The maximum Gasteiger partial charge on any atom is 0.341 e. The standard InChI is InChI=1S/C36H30N4O6/c41-33(42)19-45-27-5-1-3-21(15-27)35-29-11-7-23(37-29)17-25-9-13-31(39-25)36(22-4-2-6-28(16-22)46-20-34(43)44)32-14-10-26(40-32)18-24-8-12-30(35)38-24/h1-7,10-11,14-18,37,40H,8-9,12-13,19-20H2,(H,41,42)(H,43,44). The summed E-state index contributed by atoms with van der Waals surface area (Å²) in [5, 5.41) is 18.2. The fourth-order valence-electron chi connectivity index (χ4n) is 6.00. The van der Waals surface area contributed by atoms with Crippen LogP contribution in [0.3, 0.4) is 0 Å². The summed E-state index contributed by atoms with van der Waals surface area (Å²) < 4.78 is 11.0. The lowest BCUT2D eigenvalue weighted by Gasteiger charge is -2.08. The highest BCUT2D eigenvalue weighted by atomic mass is 16.5. The summed E-state index contributed by atoms with van der Waals surface area (Å²) in [6.45, 7) is -0.840. The molecule has 230 valence electrons. The number of aromatic amines is 2. The van der Waals surface area contributed by atoms with Crippen LogP contribution in [-0.2, 0) is 35.3 Å². The number of aromatic nitrogens is 4. The van der Waals surface area contributed by atoms with Gasteiger partial charge in [-0.3, -0.25) is 9.97 Å². The molecule has 2 aromatic carbocycles. The van der Waals surface area contributed by atoms with Gasteiger partial charge in [-0.25, -0.2) is 9.59 Å². The molecule has 0 unspecified atom stereocenters. The second-order valence-electron chi connectivity index (χ2n) is 11.2. The predicted molar refractivity (Wildman–Crippen MR) is 173 cm³/mol. The van der Waals surface area contributed by atoms with Crippen LogP contribution in [0.1, 0.15) is 22.8 Å². The number of H-pyrrole nitrogens is 2. The zero-order valence-electron chi connectivity index (χ0n) is 24.7. The molecule has 7 rings (SSSR count). The van der Waals surface area contributed by atoms with Gasteiger partial charge in [-0.15, -0.1) is 0 Å². The van der Waals surface area contributed by atoms with Crippen LogP contribution < -0.4 is 9.47 Å². The van der Waals surface area contributed by atoms with Gasteiger partial charge >= 0.3 is 11.9 Å².